The summed E-state index contributed by atoms with van der Waals surface area (Å²) in [5.41, 5.74) is 1.55. The Morgan fingerprint density at radius 2 is 1.83 bits per heavy atom. The molecule has 0 aliphatic heterocycles. The van der Waals surface area contributed by atoms with Gasteiger partial charge in [0.2, 0.25) is 5.82 Å². The molecule has 7 heteroatoms. The minimum Gasteiger partial charge on any atom is -0.496 e. The van der Waals surface area contributed by atoms with Crippen molar-refractivity contribution in [1.82, 2.24) is 10.1 Å². The molecule has 1 heterocycles. The van der Waals surface area contributed by atoms with Crippen molar-refractivity contribution >= 4 is 22.7 Å². The van der Waals surface area contributed by atoms with E-state index in [-0.39, 0.29) is 5.89 Å². The summed E-state index contributed by atoms with van der Waals surface area (Å²) in [7, 11) is 3.20. The lowest BCUT2D eigenvalue weighted by atomic mass is 10.1. The SMILES string of the molecule is COc1ccc(/C=C(\Cl)c2nc(-c3ccccc3OC)no2)cc1OCC(C)C. The molecule has 1 aromatic heterocycles. The Morgan fingerprint density at radius 1 is 1.07 bits per heavy atom. The number of halogens is 1. The summed E-state index contributed by atoms with van der Waals surface area (Å²) in [5.74, 6) is 2.99. The Bertz CT molecular complexity index is 998. The van der Waals surface area contributed by atoms with E-state index in [2.05, 4.69) is 24.0 Å². The van der Waals surface area contributed by atoms with E-state index in [0.29, 0.717) is 40.6 Å². The summed E-state index contributed by atoms with van der Waals surface area (Å²) in [6, 6.07) is 13.0. The van der Waals surface area contributed by atoms with Crippen molar-refractivity contribution in [2.45, 2.75) is 13.8 Å². The van der Waals surface area contributed by atoms with Crippen LogP contribution >= 0.6 is 11.6 Å². The van der Waals surface area contributed by atoms with Gasteiger partial charge in [0.25, 0.3) is 5.89 Å². The highest BCUT2D eigenvalue weighted by Gasteiger charge is 2.15. The molecule has 0 amide bonds. The minimum atomic E-state index is 0.216. The van der Waals surface area contributed by atoms with Crippen LogP contribution in [-0.2, 0) is 0 Å². The highest BCUT2D eigenvalue weighted by atomic mass is 35.5. The summed E-state index contributed by atoms with van der Waals surface area (Å²) >= 11 is 6.43. The number of para-hydroxylation sites is 1. The molecular formula is C22H23ClN2O4. The Morgan fingerprint density at radius 3 is 2.55 bits per heavy atom. The Labute approximate surface area is 175 Å². The summed E-state index contributed by atoms with van der Waals surface area (Å²) in [6.07, 6.45) is 1.74. The fourth-order valence-corrected chi connectivity index (χ4v) is 2.82. The third-order valence-electron chi connectivity index (χ3n) is 4.03. The largest absolute Gasteiger partial charge is 0.496 e. The summed E-state index contributed by atoms with van der Waals surface area (Å²) < 4.78 is 21.9. The van der Waals surface area contributed by atoms with Crippen LogP contribution in [0.3, 0.4) is 0 Å². The molecule has 0 aliphatic carbocycles. The zero-order chi connectivity index (χ0) is 20.8. The van der Waals surface area contributed by atoms with Gasteiger partial charge in [0.1, 0.15) is 10.8 Å². The molecule has 0 bridgehead atoms. The van der Waals surface area contributed by atoms with E-state index in [1.165, 1.54) is 0 Å². The molecule has 0 fully saturated rings. The minimum absolute atomic E-state index is 0.216. The van der Waals surface area contributed by atoms with Gasteiger partial charge in [-0.1, -0.05) is 48.8 Å². The smallest absolute Gasteiger partial charge is 0.269 e. The standard InChI is InChI=1S/C22H23ClN2O4/c1-14(2)13-28-20-12-15(9-10-19(20)27-4)11-17(23)22-24-21(25-29-22)16-7-5-6-8-18(16)26-3/h5-12,14H,13H2,1-4H3/b17-11-. The molecular weight excluding hydrogens is 392 g/mol. The van der Waals surface area contributed by atoms with E-state index in [9.17, 15) is 0 Å². The molecule has 152 valence electrons. The molecule has 0 atom stereocenters. The second-order valence-electron chi connectivity index (χ2n) is 6.73. The lowest BCUT2D eigenvalue weighted by molar-refractivity contribution is 0.257. The Hall–Kier alpha value is -2.99. The fourth-order valence-electron chi connectivity index (χ4n) is 2.62. The third kappa shape index (κ3) is 5.09. The van der Waals surface area contributed by atoms with Gasteiger partial charge < -0.3 is 18.7 Å². The third-order valence-corrected chi connectivity index (χ3v) is 4.30. The second kappa shape index (κ2) is 9.47. The van der Waals surface area contributed by atoms with Crippen molar-refractivity contribution in [3.05, 3.63) is 53.9 Å². The molecule has 0 saturated carbocycles. The molecule has 0 radical (unpaired) electrons. The normalized spacial score (nSPS) is 11.6. The molecule has 2 aromatic carbocycles. The quantitative estimate of drug-likeness (QED) is 0.483. The average Bonchev–Trinajstić information content (AvgIpc) is 3.22. The molecule has 29 heavy (non-hydrogen) atoms. The molecule has 0 aliphatic rings. The Kier molecular flexibility index (Phi) is 6.77. The lowest BCUT2D eigenvalue weighted by Crippen LogP contribution is -2.05. The monoisotopic (exact) mass is 414 g/mol. The van der Waals surface area contributed by atoms with Crippen molar-refractivity contribution < 1.29 is 18.7 Å². The highest BCUT2D eigenvalue weighted by molar-refractivity contribution is 6.50. The van der Waals surface area contributed by atoms with Crippen molar-refractivity contribution in [2.75, 3.05) is 20.8 Å². The summed E-state index contributed by atoms with van der Waals surface area (Å²) in [5, 5.41) is 4.33. The molecule has 0 unspecified atom stereocenters. The first-order valence-corrected chi connectivity index (χ1v) is 9.55. The first-order chi connectivity index (χ1) is 14.0. The number of hydrogen-bond acceptors (Lipinski definition) is 6. The average molecular weight is 415 g/mol. The maximum Gasteiger partial charge on any atom is 0.269 e. The first-order valence-electron chi connectivity index (χ1n) is 9.17. The van der Waals surface area contributed by atoms with Gasteiger partial charge in [-0.05, 0) is 41.8 Å². The molecule has 0 N–H and O–H groups in total. The number of benzene rings is 2. The zero-order valence-corrected chi connectivity index (χ0v) is 17.6. The van der Waals surface area contributed by atoms with E-state index in [1.807, 2.05) is 42.5 Å². The van der Waals surface area contributed by atoms with E-state index in [0.717, 1.165) is 11.1 Å². The summed E-state index contributed by atoms with van der Waals surface area (Å²) in [6.45, 7) is 4.76. The maximum absolute atomic E-state index is 6.43. The van der Waals surface area contributed by atoms with Gasteiger partial charge in [0.15, 0.2) is 11.5 Å². The number of methoxy groups -OCH3 is 2. The predicted molar refractivity (Wildman–Crippen MR) is 113 cm³/mol. The van der Waals surface area contributed by atoms with Crippen LogP contribution in [0.4, 0.5) is 0 Å². The van der Waals surface area contributed by atoms with Crippen LogP contribution in [0.1, 0.15) is 25.3 Å². The van der Waals surface area contributed by atoms with Gasteiger partial charge in [0.05, 0.1) is 26.4 Å². The van der Waals surface area contributed by atoms with Crippen LogP contribution in [0.5, 0.6) is 17.2 Å². The molecule has 0 spiro atoms. The van der Waals surface area contributed by atoms with Crippen LogP contribution < -0.4 is 14.2 Å². The van der Waals surface area contributed by atoms with Crippen LogP contribution in [0, 0.1) is 5.92 Å². The molecule has 3 rings (SSSR count). The van der Waals surface area contributed by atoms with E-state index >= 15 is 0 Å². The van der Waals surface area contributed by atoms with E-state index < -0.39 is 0 Å². The van der Waals surface area contributed by atoms with Crippen molar-refractivity contribution in [1.29, 1.82) is 0 Å². The van der Waals surface area contributed by atoms with Crippen molar-refractivity contribution in [2.24, 2.45) is 5.92 Å². The van der Waals surface area contributed by atoms with Gasteiger partial charge in [-0.25, -0.2) is 0 Å². The van der Waals surface area contributed by atoms with E-state index in [4.69, 9.17) is 30.3 Å². The number of nitrogens with zero attached hydrogens (tertiary/aromatic N) is 2. The van der Waals surface area contributed by atoms with Crippen LogP contribution in [0.2, 0.25) is 0 Å². The molecule has 0 saturated heterocycles. The predicted octanol–water partition coefficient (Wildman–Crippen LogP) is 5.53. The number of aromatic nitrogens is 2. The highest BCUT2D eigenvalue weighted by Crippen LogP contribution is 2.32. The van der Waals surface area contributed by atoms with Crippen LogP contribution in [0.25, 0.3) is 22.5 Å². The number of rotatable bonds is 8. The first kappa shape index (κ1) is 20.7. The summed E-state index contributed by atoms with van der Waals surface area (Å²) in [4.78, 5) is 4.39. The van der Waals surface area contributed by atoms with Gasteiger partial charge in [-0.2, -0.15) is 4.98 Å². The lowest BCUT2D eigenvalue weighted by Gasteiger charge is -2.13. The van der Waals surface area contributed by atoms with E-state index in [1.54, 1.807) is 20.3 Å². The van der Waals surface area contributed by atoms with Crippen LogP contribution in [0.15, 0.2) is 47.0 Å². The number of ether oxygens (including phenoxy) is 3. The Balaban J connectivity index is 1.86. The number of hydrogen-bond donors (Lipinski definition) is 0. The van der Waals surface area contributed by atoms with Gasteiger partial charge in [-0.3, -0.25) is 0 Å². The van der Waals surface area contributed by atoms with Gasteiger partial charge in [-0.15, -0.1) is 0 Å². The van der Waals surface area contributed by atoms with Gasteiger partial charge in [0, 0.05) is 0 Å². The zero-order valence-electron chi connectivity index (χ0n) is 16.8. The maximum atomic E-state index is 6.43. The fraction of sp³-hybridized carbons (Fsp3) is 0.273. The van der Waals surface area contributed by atoms with Crippen molar-refractivity contribution in [3.8, 4) is 28.6 Å². The van der Waals surface area contributed by atoms with Crippen LogP contribution in [-0.4, -0.2) is 31.0 Å². The topological polar surface area (TPSA) is 66.6 Å². The van der Waals surface area contributed by atoms with Gasteiger partial charge >= 0.3 is 0 Å². The molecule has 3 aromatic rings. The molecule has 6 nitrogen and oxygen atoms in total. The van der Waals surface area contributed by atoms with Crippen molar-refractivity contribution in [3.63, 3.8) is 0 Å². The second-order valence-corrected chi connectivity index (χ2v) is 7.14.